The molecule has 3 saturated carbocycles. The van der Waals surface area contributed by atoms with Gasteiger partial charge in [-0.15, -0.1) is 0 Å². The molecule has 8 rings (SSSR count). The number of hydrogen-bond acceptors (Lipinski definition) is 3. The van der Waals surface area contributed by atoms with Crippen LogP contribution in [0.3, 0.4) is 0 Å². The number of halogens is 2. The predicted molar refractivity (Wildman–Crippen MR) is 226 cm³/mol. The standard InChI is InChI=1S/C20H17N3.C18H33P.C7H6.2ClH.Ru/c1-4-10-17(11-5-1)20-21-23(19-14-8-3-9-15-19)16-22(20)18-12-6-2-7-13-18;1-4-10-16(11-5-1)19(17-12-6-2-7-13-17)18-14-8-3-9-15-18;1-7-5-3-2-4-6-7;;;/h1-15,20-21H;16-18H,1-15H2;1-6H;2*1H;/q;;;;;+2/p-2. The summed E-state index contributed by atoms with van der Waals surface area (Å²) in [5, 5.41) is 2.07. The molecule has 4 aromatic rings. The van der Waals surface area contributed by atoms with E-state index >= 15 is 0 Å². The van der Waals surface area contributed by atoms with Gasteiger partial charge in [-0.3, -0.25) is 0 Å². The van der Waals surface area contributed by atoms with E-state index in [0.29, 0.717) is 7.92 Å². The molecule has 1 N–H and O–H groups in total. The van der Waals surface area contributed by atoms with Crippen molar-refractivity contribution in [1.29, 1.82) is 0 Å². The Balaban J connectivity index is 0.000000187. The first-order chi connectivity index (χ1) is 25.6. The number of hydrogen-bond donors (Lipinski definition) is 1. The molecule has 1 aliphatic heterocycles. The number of anilines is 2. The van der Waals surface area contributed by atoms with Gasteiger partial charge in [0, 0.05) is 0 Å². The number of para-hydroxylation sites is 2. The van der Waals surface area contributed by atoms with Gasteiger partial charge in [0.2, 0.25) is 0 Å². The molecule has 1 atom stereocenters. The molecule has 278 valence electrons. The first-order valence-corrected chi connectivity index (χ1v) is 27.7. The van der Waals surface area contributed by atoms with Crippen molar-refractivity contribution in [2.24, 2.45) is 0 Å². The van der Waals surface area contributed by atoms with Crippen LogP contribution in [0.5, 0.6) is 0 Å². The summed E-state index contributed by atoms with van der Waals surface area (Å²) in [6, 6.07) is 40.9. The second-order valence-electron chi connectivity index (χ2n) is 14.9. The summed E-state index contributed by atoms with van der Waals surface area (Å²) in [4.78, 5) is 2.24. The third-order valence-electron chi connectivity index (χ3n) is 11.3. The van der Waals surface area contributed by atoms with E-state index in [4.69, 9.17) is 19.4 Å². The Morgan fingerprint density at radius 2 is 0.923 bits per heavy atom. The van der Waals surface area contributed by atoms with Crippen LogP contribution < -0.4 is 15.3 Å². The fourth-order valence-electron chi connectivity index (χ4n) is 8.86. The second-order valence-corrected chi connectivity index (χ2v) is 27.2. The average molecular weight is 842 g/mol. The van der Waals surface area contributed by atoms with Crippen molar-refractivity contribution in [2.75, 3.05) is 9.91 Å². The zero-order valence-corrected chi connectivity index (χ0v) is 34.6. The zero-order chi connectivity index (χ0) is 35.6. The molecule has 0 bridgehead atoms. The molecule has 4 aliphatic rings. The van der Waals surface area contributed by atoms with Gasteiger partial charge in [0.15, 0.2) is 0 Å². The zero-order valence-electron chi connectivity index (χ0n) is 30.5. The van der Waals surface area contributed by atoms with Gasteiger partial charge >= 0.3 is 206 Å². The molecule has 0 spiro atoms. The Morgan fingerprint density at radius 1 is 0.519 bits per heavy atom. The molecule has 3 aliphatic carbocycles. The molecular weight excluding hydrogens is 785 g/mol. The molecular formula is C45H56Cl2N3PRu. The van der Waals surface area contributed by atoms with Crippen LogP contribution >= 0.6 is 27.3 Å². The Hall–Kier alpha value is -2.19. The van der Waals surface area contributed by atoms with Crippen LogP contribution in [-0.2, 0) is 11.9 Å². The van der Waals surface area contributed by atoms with Gasteiger partial charge in [-0.1, -0.05) is 65.7 Å². The van der Waals surface area contributed by atoms with Crippen LogP contribution in [0.2, 0.25) is 0 Å². The fourth-order valence-corrected chi connectivity index (χ4v) is 19.2. The van der Waals surface area contributed by atoms with Crippen molar-refractivity contribution in [1.82, 2.24) is 5.43 Å². The summed E-state index contributed by atoms with van der Waals surface area (Å²) in [5.74, 6) is 0. The van der Waals surface area contributed by atoms with Gasteiger partial charge in [0.25, 0.3) is 0 Å². The molecule has 3 nitrogen and oxygen atoms in total. The van der Waals surface area contributed by atoms with Gasteiger partial charge in [-0.2, -0.15) is 0 Å². The van der Waals surface area contributed by atoms with Crippen molar-refractivity contribution in [3.05, 3.63) is 132 Å². The predicted octanol–water partition coefficient (Wildman–Crippen LogP) is 13.1. The summed E-state index contributed by atoms with van der Waals surface area (Å²) in [7, 11) is 15.1. The summed E-state index contributed by atoms with van der Waals surface area (Å²) >= 11 is -3.56. The van der Waals surface area contributed by atoms with Crippen LogP contribution in [0.15, 0.2) is 121 Å². The van der Waals surface area contributed by atoms with Crippen molar-refractivity contribution >= 4 is 47.6 Å². The third kappa shape index (κ3) is 9.54. The van der Waals surface area contributed by atoms with Crippen molar-refractivity contribution in [2.45, 2.75) is 119 Å². The molecule has 1 heterocycles. The van der Waals surface area contributed by atoms with Crippen molar-refractivity contribution in [3.63, 3.8) is 0 Å². The first kappa shape index (κ1) is 38.1. The Labute approximate surface area is 324 Å². The van der Waals surface area contributed by atoms with E-state index < -0.39 is 11.9 Å². The van der Waals surface area contributed by atoms with Crippen molar-refractivity contribution in [3.8, 4) is 0 Å². The van der Waals surface area contributed by atoms with Crippen LogP contribution in [0, 0.1) is 0 Å². The van der Waals surface area contributed by atoms with Gasteiger partial charge < -0.3 is 0 Å². The average Bonchev–Trinajstić information content (AvgIpc) is 3.63. The molecule has 0 aromatic heterocycles. The third-order valence-corrected chi connectivity index (χ3v) is 20.8. The summed E-state index contributed by atoms with van der Waals surface area (Å²) in [6.45, 7) is 0. The van der Waals surface area contributed by atoms with E-state index in [1.165, 1.54) is 36.2 Å². The molecule has 1 unspecified atom stereocenters. The van der Waals surface area contributed by atoms with Crippen LogP contribution in [0.4, 0.5) is 11.4 Å². The Kier molecular flexibility index (Phi) is 13.9. The van der Waals surface area contributed by atoms with E-state index in [0.717, 1.165) is 26.9 Å². The first-order valence-electron chi connectivity index (χ1n) is 19.8. The summed E-state index contributed by atoms with van der Waals surface area (Å²) in [6.07, 6.45) is 23.5. The summed E-state index contributed by atoms with van der Waals surface area (Å²) in [5.41, 5.74) is 11.4. The summed E-state index contributed by atoms with van der Waals surface area (Å²) < 4.78 is 2.93. The molecule has 4 aromatic carbocycles. The maximum absolute atomic E-state index is 7.34. The maximum atomic E-state index is 7.34. The monoisotopic (exact) mass is 841 g/mol. The quantitative estimate of drug-likeness (QED) is 0.148. The minimum absolute atomic E-state index is 0.161. The fraction of sp³-hybridized carbons (Fsp3) is 0.422. The SMILES string of the molecule is C1CCC(P(C2CCCCC2)C2CCCCC2)CC1.[Cl][Ru]([Cl])(=[CH]c1ccccc1)=[C]1N(c2ccccc2)NC(c2ccccc2)N1c1ccccc1. The molecule has 0 radical (unpaired) electrons. The Morgan fingerprint density at radius 3 is 1.38 bits per heavy atom. The number of nitrogens with zero attached hydrogens (tertiary/aromatic N) is 2. The van der Waals surface area contributed by atoms with Crippen molar-refractivity contribution < 1.29 is 11.9 Å². The number of nitrogens with one attached hydrogen (secondary N) is 1. The van der Waals surface area contributed by atoms with E-state index in [9.17, 15) is 0 Å². The number of rotatable bonds is 7. The second kappa shape index (κ2) is 18.9. The van der Waals surface area contributed by atoms with Gasteiger partial charge in [0.1, 0.15) is 0 Å². The van der Waals surface area contributed by atoms with E-state index in [1.807, 2.05) is 72.8 Å². The molecule has 7 heteroatoms. The Bertz CT molecular complexity index is 1730. The van der Waals surface area contributed by atoms with E-state index in [1.54, 1.807) is 77.0 Å². The van der Waals surface area contributed by atoms with Gasteiger partial charge in [0.05, 0.1) is 0 Å². The number of benzene rings is 4. The van der Waals surface area contributed by atoms with Gasteiger partial charge in [-0.05, 0) is 55.5 Å². The minimum atomic E-state index is -3.56. The number of hydrazine groups is 1. The van der Waals surface area contributed by atoms with Crippen LogP contribution in [0.1, 0.15) is 114 Å². The topological polar surface area (TPSA) is 18.5 Å². The van der Waals surface area contributed by atoms with Crippen LogP contribution in [0.25, 0.3) is 0 Å². The molecule has 0 amide bonds. The normalized spacial score (nSPS) is 21.1. The molecule has 4 fully saturated rings. The molecule has 52 heavy (non-hydrogen) atoms. The van der Waals surface area contributed by atoms with Crippen LogP contribution in [-0.4, -0.2) is 25.9 Å². The van der Waals surface area contributed by atoms with E-state index in [2.05, 4.69) is 68.5 Å². The molecule has 1 saturated heterocycles. The van der Waals surface area contributed by atoms with Gasteiger partial charge in [-0.25, -0.2) is 0 Å². The van der Waals surface area contributed by atoms with E-state index in [-0.39, 0.29) is 6.17 Å².